The summed E-state index contributed by atoms with van der Waals surface area (Å²) in [6.07, 6.45) is 3.06. The Morgan fingerprint density at radius 2 is 1.76 bits per heavy atom. The molecule has 0 amide bonds. The summed E-state index contributed by atoms with van der Waals surface area (Å²) in [6.45, 7) is 0.851. The zero-order chi connectivity index (χ0) is 12.0. The summed E-state index contributed by atoms with van der Waals surface area (Å²) in [7, 11) is 0. The van der Waals surface area contributed by atoms with Crippen molar-refractivity contribution in [1.29, 1.82) is 0 Å². The van der Waals surface area contributed by atoms with Crippen LogP contribution in [0.25, 0.3) is 0 Å². The van der Waals surface area contributed by atoms with E-state index in [1.807, 2.05) is 0 Å². The van der Waals surface area contributed by atoms with Crippen LogP contribution in [0.5, 0.6) is 0 Å². The van der Waals surface area contributed by atoms with E-state index in [9.17, 15) is 8.78 Å². The van der Waals surface area contributed by atoms with Crippen LogP contribution in [-0.4, -0.2) is 23.5 Å². The number of likely N-dealkylation sites (tertiary alicyclic amines) is 1. The monoisotopic (exact) mass is 238 g/mol. The van der Waals surface area contributed by atoms with Crippen molar-refractivity contribution < 1.29 is 8.78 Å². The lowest BCUT2D eigenvalue weighted by atomic mass is 9.99. The van der Waals surface area contributed by atoms with E-state index in [2.05, 4.69) is 4.90 Å². The van der Waals surface area contributed by atoms with Crippen LogP contribution in [0, 0.1) is 11.6 Å². The average Bonchev–Trinajstić information content (AvgIpc) is 3.05. The number of hydrogen-bond donors (Lipinski definition) is 1. The highest BCUT2D eigenvalue weighted by molar-refractivity contribution is 5.26. The Kier molecular flexibility index (Phi) is 2.64. The van der Waals surface area contributed by atoms with Gasteiger partial charge in [-0.15, -0.1) is 0 Å². The quantitative estimate of drug-likeness (QED) is 0.855. The normalized spacial score (nSPS) is 29.8. The van der Waals surface area contributed by atoms with Crippen molar-refractivity contribution >= 4 is 0 Å². The molecule has 2 unspecified atom stereocenters. The predicted molar refractivity (Wildman–Crippen MR) is 61.4 cm³/mol. The highest BCUT2D eigenvalue weighted by Gasteiger charge is 2.43. The summed E-state index contributed by atoms with van der Waals surface area (Å²) in [5.41, 5.74) is 6.19. The third-order valence-electron chi connectivity index (χ3n) is 3.79. The molecule has 4 heteroatoms. The second-order valence-corrected chi connectivity index (χ2v) is 5.00. The van der Waals surface area contributed by atoms with Crippen LogP contribution in [0.3, 0.4) is 0 Å². The first-order valence-electron chi connectivity index (χ1n) is 6.13. The largest absolute Gasteiger partial charge is 0.326 e. The van der Waals surface area contributed by atoms with Gasteiger partial charge in [0.15, 0.2) is 0 Å². The molecule has 0 spiro atoms. The molecule has 2 atom stereocenters. The number of rotatable bonds is 2. The zero-order valence-electron chi connectivity index (χ0n) is 9.57. The standard InChI is InChI=1S/C13H16F2N2/c14-9-2-1-3-10(15)12(9)13-11(16)6-7-17(13)8-4-5-8/h1-3,8,11,13H,4-7,16H2. The second kappa shape index (κ2) is 4.03. The zero-order valence-corrected chi connectivity index (χ0v) is 9.57. The van der Waals surface area contributed by atoms with Crippen molar-refractivity contribution in [2.24, 2.45) is 5.73 Å². The van der Waals surface area contributed by atoms with Gasteiger partial charge in [-0.05, 0) is 31.4 Å². The summed E-state index contributed by atoms with van der Waals surface area (Å²) in [5.74, 6) is -0.948. The first-order valence-corrected chi connectivity index (χ1v) is 6.13. The summed E-state index contributed by atoms with van der Waals surface area (Å²) in [6, 6.07) is 4.05. The van der Waals surface area contributed by atoms with E-state index < -0.39 is 11.6 Å². The molecule has 2 fully saturated rings. The molecule has 0 bridgehead atoms. The molecule has 2 N–H and O–H groups in total. The lowest BCUT2D eigenvalue weighted by molar-refractivity contribution is 0.227. The Morgan fingerprint density at radius 3 is 2.35 bits per heavy atom. The minimum Gasteiger partial charge on any atom is -0.326 e. The van der Waals surface area contributed by atoms with Gasteiger partial charge in [-0.25, -0.2) is 8.78 Å². The highest BCUT2D eigenvalue weighted by Crippen LogP contribution is 2.41. The van der Waals surface area contributed by atoms with Crippen LogP contribution >= 0.6 is 0 Å². The van der Waals surface area contributed by atoms with Gasteiger partial charge in [-0.2, -0.15) is 0 Å². The fourth-order valence-corrected chi connectivity index (χ4v) is 2.83. The Balaban J connectivity index is 2.00. The third kappa shape index (κ3) is 1.85. The van der Waals surface area contributed by atoms with Crippen LogP contribution < -0.4 is 5.73 Å². The molecule has 1 heterocycles. The number of nitrogens with zero attached hydrogens (tertiary/aromatic N) is 1. The van der Waals surface area contributed by atoms with Gasteiger partial charge in [0.1, 0.15) is 11.6 Å². The van der Waals surface area contributed by atoms with E-state index in [-0.39, 0.29) is 17.6 Å². The lowest BCUT2D eigenvalue weighted by Gasteiger charge is -2.27. The van der Waals surface area contributed by atoms with Crippen LogP contribution in [0.4, 0.5) is 8.78 Å². The van der Waals surface area contributed by atoms with Gasteiger partial charge in [0, 0.05) is 24.2 Å². The molecule has 0 radical (unpaired) electrons. The van der Waals surface area contributed by atoms with Gasteiger partial charge in [0.25, 0.3) is 0 Å². The molecule has 1 saturated carbocycles. The topological polar surface area (TPSA) is 29.3 Å². The molecule has 1 aliphatic carbocycles. The molecule has 1 saturated heterocycles. The number of halogens is 2. The molecule has 3 rings (SSSR count). The minimum absolute atomic E-state index is 0.157. The molecule has 92 valence electrons. The Hall–Kier alpha value is -1.00. The fraction of sp³-hybridized carbons (Fsp3) is 0.538. The van der Waals surface area contributed by atoms with Crippen LogP contribution in [0.15, 0.2) is 18.2 Å². The van der Waals surface area contributed by atoms with E-state index >= 15 is 0 Å². The molecule has 17 heavy (non-hydrogen) atoms. The number of nitrogens with two attached hydrogens (primary N) is 1. The first-order chi connectivity index (χ1) is 8.18. The lowest BCUT2D eigenvalue weighted by Crippen LogP contribution is -2.34. The summed E-state index contributed by atoms with van der Waals surface area (Å²) >= 11 is 0. The Labute approximate surface area is 99.4 Å². The van der Waals surface area contributed by atoms with Crippen molar-refractivity contribution in [2.45, 2.75) is 37.4 Å². The van der Waals surface area contributed by atoms with Gasteiger partial charge < -0.3 is 5.73 Å². The van der Waals surface area contributed by atoms with E-state index in [0.717, 1.165) is 25.8 Å². The Morgan fingerprint density at radius 1 is 1.12 bits per heavy atom. The maximum absolute atomic E-state index is 13.8. The van der Waals surface area contributed by atoms with Gasteiger partial charge >= 0.3 is 0 Å². The summed E-state index contributed by atoms with van der Waals surface area (Å²) < 4.78 is 27.6. The van der Waals surface area contributed by atoms with Gasteiger partial charge in [0.05, 0.1) is 6.04 Å². The van der Waals surface area contributed by atoms with Crippen LogP contribution in [-0.2, 0) is 0 Å². The van der Waals surface area contributed by atoms with Gasteiger partial charge in [-0.3, -0.25) is 4.90 Å². The minimum atomic E-state index is -0.474. The van der Waals surface area contributed by atoms with Gasteiger partial charge in [-0.1, -0.05) is 6.07 Å². The first kappa shape index (κ1) is 11.1. The molecule has 2 nitrogen and oxygen atoms in total. The SMILES string of the molecule is NC1CCN(C2CC2)C1c1c(F)cccc1F. The molecule has 0 aromatic heterocycles. The van der Waals surface area contributed by atoms with Crippen molar-refractivity contribution in [1.82, 2.24) is 4.90 Å². The van der Waals surface area contributed by atoms with E-state index in [4.69, 9.17) is 5.73 Å². The van der Waals surface area contributed by atoms with Gasteiger partial charge in [0.2, 0.25) is 0 Å². The second-order valence-electron chi connectivity index (χ2n) is 5.00. The molecule has 1 aliphatic heterocycles. The van der Waals surface area contributed by atoms with Crippen molar-refractivity contribution in [3.05, 3.63) is 35.4 Å². The van der Waals surface area contributed by atoms with Crippen LogP contribution in [0.1, 0.15) is 30.9 Å². The van der Waals surface area contributed by atoms with E-state index in [1.54, 1.807) is 0 Å². The average molecular weight is 238 g/mol. The molecular formula is C13H16F2N2. The van der Waals surface area contributed by atoms with E-state index in [0.29, 0.717) is 6.04 Å². The number of hydrogen-bond acceptors (Lipinski definition) is 2. The third-order valence-corrected chi connectivity index (χ3v) is 3.79. The fourth-order valence-electron chi connectivity index (χ4n) is 2.83. The predicted octanol–water partition coefficient (Wildman–Crippen LogP) is 2.20. The summed E-state index contributed by atoms with van der Waals surface area (Å²) in [4.78, 5) is 2.17. The van der Waals surface area contributed by atoms with Crippen molar-refractivity contribution in [3.8, 4) is 0 Å². The maximum Gasteiger partial charge on any atom is 0.130 e. The van der Waals surface area contributed by atoms with E-state index in [1.165, 1.54) is 18.2 Å². The molecule has 2 aliphatic rings. The smallest absolute Gasteiger partial charge is 0.130 e. The van der Waals surface area contributed by atoms with Crippen LogP contribution in [0.2, 0.25) is 0 Å². The molecule has 1 aromatic carbocycles. The summed E-state index contributed by atoms with van der Waals surface area (Å²) in [5, 5.41) is 0. The maximum atomic E-state index is 13.8. The molecular weight excluding hydrogens is 222 g/mol. The number of benzene rings is 1. The van der Waals surface area contributed by atoms with Crippen molar-refractivity contribution in [3.63, 3.8) is 0 Å². The van der Waals surface area contributed by atoms with Crippen molar-refractivity contribution in [2.75, 3.05) is 6.54 Å². The Bertz CT molecular complexity index is 411. The molecule has 1 aromatic rings. The highest BCUT2D eigenvalue weighted by atomic mass is 19.1.